The predicted molar refractivity (Wildman–Crippen MR) is 59.9 cm³/mol. The number of hydrazine groups is 1. The molecule has 0 aromatic carbocycles. The van der Waals surface area contributed by atoms with Gasteiger partial charge in [0.2, 0.25) is 5.91 Å². The van der Waals surface area contributed by atoms with Crippen molar-refractivity contribution in [2.75, 3.05) is 26.2 Å². The van der Waals surface area contributed by atoms with E-state index in [4.69, 9.17) is 10.9 Å². The van der Waals surface area contributed by atoms with Gasteiger partial charge in [0.15, 0.2) is 0 Å². The second-order valence-corrected chi connectivity index (χ2v) is 3.79. The van der Waals surface area contributed by atoms with Gasteiger partial charge in [-0.25, -0.2) is 5.84 Å². The molecule has 5 heteroatoms. The Bertz CT molecular complexity index is 176. The minimum absolute atomic E-state index is 0.126. The van der Waals surface area contributed by atoms with Gasteiger partial charge in [-0.1, -0.05) is 20.3 Å². The lowest BCUT2D eigenvalue weighted by atomic mass is 10.1. The first-order valence-electron chi connectivity index (χ1n) is 5.49. The first-order chi connectivity index (χ1) is 7.15. The Morgan fingerprint density at radius 3 is 2.67 bits per heavy atom. The average molecular weight is 217 g/mol. The van der Waals surface area contributed by atoms with Crippen LogP contribution in [0.2, 0.25) is 0 Å². The van der Waals surface area contributed by atoms with Gasteiger partial charge in [0.1, 0.15) is 0 Å². The molecule has 0 saturated heterocycles. The van der Waals surface area contributed by atoms with Gasteiger partial charge in [-0.05, 0) is 13.0 Å². The molecule has 15 heavy (non-hydrogen) atoms. The van der Waals surface area contributed by atoms with Crippen LogP contribution in [0.5, 0.6) is 0 Å². The molecule has 0 bridgehead atoms. The number of aliphatic hydroxyl groups excluding tert-OH is 1. The van der Waals surface area contributed by atoms with Crippen molar-refractivity contribution in [2.24, 2.45) is 11.8 Å². The molecule has 0 aliphatic heterocycles. The summed E-state index contributed by atoms with van der Waals surface area (Å²) in [7, 11) is 0. The summed E-state index contributed by atoms with van der Waals surface area (Å²) in [6.07, 6.45) is 2.19. The van der Waals surface area contributed by atoms with E-state index in [0.29, 0.717) is 13.1 Å². The molecule has 0 radical (unpaired) electrons. The van der Waals surface area contributed by atoms with Gasteiger partial charge in [0.25, 0.3) is 0 Å². The lowest BCUT2D eigenvalue weighted by Crippen LogP contribution is -2.41. The highest BCUT2D eigenvalue weighted by Gasteiger charge is 2.15. The van der Waals surface area contributed by atoms with Crippen molar-refractivity contribution < 1.29 is 9.90 Å². The van der Waals surface area contributed by atoms with Gasteiger partial charge < -0.3 is 10.0 Å². The van der Waals surface area contributed by atoms with E-state index in [1.54, 1.807) is 0 Å². The molecule has 0 aliphatic carbocycles. The molecule has 0 aliphatic rings. The van der Waals surface area contributed by atoms with Gasteiger partial charge in [0.05, 0.1) is 6.61 Å². The number of hydrogen-bond acceptors (Lipinski definition) is 4. The monoisotopic (exact) mass is 217 g/mol. The van der Waals surface area contributed by atoms with Crippen molar-refractivity contribution in [3.8, 4) is 0 Å². The fourth-order valence-electron chi connectivity index (χ4n) is 1.43. The van der Waals surface area contributed by atoms with Crippen molar-refractivity contribution in [1.82, 2.24) is 10.3 Å². The molecule has 1 atom stereocenters. The van der Waals surface area contributed by atoms with Crippen LogP contribution in [-0.4, -0.2) is 42.2 Å². The lowest BCUT2D eigenvalue weighted by molar-refractivity contribution is -0.125. The van der Waals surface area contributed by atoms with Crippen LogP contribution < -0.4 is 11.3 Å². The highest BCUT2D eigenvalue weighted by atomic mass is 16.3. The van der Waals surface area contributed by atoms with E-state index < -0.39 is 0 Å². The lowest BCUT2D eigenvalue weighted by Gasteiger charge is -2.23. The van der Waals surface area contributed by atoms with Crippen LogP contribution in [-0.2, 0) is 4.79 Å². The number of nitrogens with zero attached hydrogens (tertiary/aromatic N) is 1. The summed E-state index contributed by atoms with van der Waals surface area (Å²) in [5, 5.41) is 8.88. The van der Waals surface area contributed by atoms with E-state index in [2.05, 4.69) is 17.2 Å². The largest absolute Gasteiger partial charge is 0.395 e. The summed E-state index contributed by atoms with van der Waals surface area (Å²) in [5.41, 5.74) is 2.14. The molecule has 1 amide bonds. The van der Waals surface area contributed by atoms with E-state index in [-0.39, 0.29) is 18.4 Å². The van der Waals surface area contributed by atoms with E-state index >= 15 is 0 Å². The summed E-state index contributed by atoms with van der Waals surface area (Å²) in [6.45, 7) is 6.25. The number of carbonyl (C=O) groups excluding carboxylic acids is 1. The number of hydrogen-bond donors (Lipinski definition) is 3. The molecule has 0 fully saturated rings. The Morgan fingerprint density at radius 1 is 1.53 bits per heavy atom. The van der Waals surface area contributed by atoms with Crippen LogP contribution in [0.4, 0.5) is 0 Å². The molecule has 0 saturated carbocycles. The van der Waals surface area contributed by atoms with Crippen LogP contribution in [0, 0.1) is 5.92 Å². The molecule has 5 nitrogen and oxygen atoms in total. The van der Waals surface area contributed by atoms with E-state index in [1.807, 2.05) is 6.92 Å². The zero-order valence-electron chi connectivity index (χ0n) is 9.70. The molecule has 4 N–H and O–H groups in total. The SMILES string of the molecule is CCCCN(CCO)CC(C)C(=O)NN. The van der Waals surface area contributed by atoms with Crippen LogP contribution in [0.1, 0.15) is 26.7 Å². The van der Waals surface area contributed by atoms with Crippen molar-refractivity contribution in [1.29, 1.82) is 0 Å². The third-order valence-electron chi connectivity index (χ3n) is 2.37. The predicted octanol–water partition coefficient (Wildman–Crippen LogP) is -0.293. The maximum atomic E-state index is 11.2. The van der Waals surface area contributed by atoms with Crippen molar-refractivity contribution in [3.63, 3.8) is 0 Å². The molecular formula is C10H23N3O2. The summed E-state index contributed by atoms with van der Waals surface area (Å²) in [4.78, 5) is 13.3. The van der Waals surface area contributed by atoms with Crippen molar-refractivity contribution >= 4 is 5.91 Å². The zero-order valence-corrected chi connectivity index (χ0v) is 9.70. The normalized spacial score (nSPS) is 12.9. The van der Waals surface area contributed by atoms with Crippen LogP contribution >= 0.6 is 0 Å². The topological polar surface area (TPSA) is 78.6 Å². The van der Waals surface area contributed by atoms with Crippen molar-refractivity contribution in [3.05, 3.63) is 0 Å². The highest BCUT2D eigenvalue weighted by molar-refractivity contribution is 5.77. The second-order valence-electron chi connectivity index (χ2n) is 3.79. The van der Waals surface area contributed by atoms with Gasteiger partial charge in [0, 0.05) is 19.0 Å². The molecular weight excluding hydrogens is 194 g/mol. The Hall–Kier alpha value is -0.650. The minimum Gasteiger partial charge on any atom is -0.395 e. The first-order valence-corrected chi connectivity index (χ1v) is 5.49. The standard InChI is InChI=1S/C10H23N3O2/c1-3-4-5-13(6-7-14)8-9(2)10(15)12-11/h9,14H,3-8,11H2,1-2H3,(H,12,15). The molecule has 0 spiro atoms. The summed E-state index contributed by atoms with van der Waals surface area (Å²) in [5.74, 6) is 4.76. The molecule has 1 unspecified atom stereocenters. The number of carbonyl (C=O) groups is 1. The number of aliphatic hydroxyl groups is 1. The third-order valence-corrected chi connectivity index (χ3v) is 2.37. The van der Waals surface area contributed by atoms with Gasteiger partial charge in [-0.3, -0.25) is 10.2 Å². The van der Waals surface area contributed by atoms with E-state index in [9.17, 15) is 4.79 Å². The first kappa shape index (κ1) is 14.3. The van der Waals surface area contributed by atoms with Crippen molar-refractivity contribution in [2.45, 2.75) is 26.7 Å². The molecule has 0 rings (SSSR count). The minimum atomic E-state index is -0.158. The zero-order chi connectivity index (χ0) is 11.7. The molecule has 0 aromatic rings. The fourth-order valence-corrected chi connectivity index (χ4v) is 1.43. The molecule has 90 valence electrons. The fraction of sp³-hybridized carbons (Fsp3) is 0.900. The third kappa shape index (κ3) is 6.43. The van der Waals surface area contributed by atoms with Crippen LogP contribution in [0.15, 0.2) is 0 Å². The summed E-state index contributed by atoms with van der Waals surface area (Å²) in [6, 6.07) is 0. The Balaban J connectivity index is 3.96. The number of nitrogens with two attached hydrogens (primary N) is 1. The quantitative estimate of drug-likeness (QED) is 0.296. The Labute approximate surface area is 91.6 Å². The van der Waals surface area contributed by atoms with Crippen LogP contribution in [0.3, 0.4) is 0 Å². The Kier molecular flexibility index (Phi) is 8.27. The number of amides is 1. The maximum Gasteiger partial charge on any atom is 0.237 e. The molecule has 0 aromatic heterocycles. The Morgan fingerprint density at radius 2 is 2.20 bits per heavy atom. The van der Waals surface area contributed by atoms with E-state index in [0.717, 1.165) is 19.4 Å². The highest BCUT2D eigenvalue weighted by Crippen LogP contribution is 2.02. The maximum absolute atomic E-state index is 11.2. The number of rotatable bonds is 8. The summed E-state index contributed by atoms with van der Waals surface area (Å²) >= 11 is 0. The van der Waals surface area contributed by atoms with Gasteiger partial charge >= 0.3 is 0 Å². The molecule has 0 heterocycles. The number of unbranched alkanes of at least 4 members (excludes halogenated alkanes) is 1. The number of nitrogens with one attached hydrogen (secondary N) is 1. The smallest absolute Gasteiger partial charge is 0.237 e. The average Bonchev–Trinajstić information content (AvgIpc) is 2.24. The summed E-state index contributed by atoms with van der Waals surface area (Å²) < 4.78 is 0. The second kappa shape index (κ2) is 8.64. The van der Waals surface area contributed by atoms with Gasteiger partial charge in [-0.15, -0.1) is 0 Å². The van der Waals surface area contributed by atoms with Gasteiger partial charge in [-0.2, -0.15) is 0 Å². The van der Waals surface area contributed by atoms with E-state index in [1.165, 1.54) is 0 Å². The van der Waals surface area contributed by atoms with Crippen LogP contribution in [0.25, 0.3) is 0 Å².